The van der Waals surface area contributed by atoms with Crippen molar-refractivity contribution in [3.8, 4) is 22.3 Å². The molecule has 4 aromatic rings. The summed E-state index contributed by atoms with van der Waals surface area (Å²) in [7, 11) is 1.59. The highest BCUT2D eigenvalue weighted by Gasteiger charge is 2.27. The standard InChI is InChI=1S/C22H19NO4S/c1-11-5-6-15-17(19(25)14-9-12(2)13(3)16(10-14)26-4)21(22-23-7-8-28-22)27-20(15)18(11)24/h5-10,24H,1-4H3. The molecule has 28 heavy (non-hydrogen) atoms. The second-order valence-corrected chi connectivity index (χ2v) is 7.60. The molecule has 0 amide bonds. The Morgan fingerprint density at radius 1 is 1.18 bits per heavy atom. The van der Waals surface area contributed by atoms with Gasteiger partial charge in [0.15, 0.2) is 27.9 Å². The Bertz CT molecular complexity index is 1210. The van der Waals surface area contributed by atoms with Gasteiger partial charge in [-0.3, -0.25) is 4.79 Å². The lowest BCUT2D eigenvalue weighted by atomic mass is 9.96. The summed E-state index contributed by atoms with van der Waals surface area (Å²) >= 11 is 1.38. The number of phenols is 1. The van der Waals surface area contributed by atoms with Gasteiger partial charge in [-0.25, -0.2) is 4.98 Å². The van der Waals surface area contributed by atoms with Crippen LogP contribution in [0.3, 0.4) is 0 Å². The molecule has 0 saturated carbocycles. The first-order valence-corrected chi connectivity index (χ1v) is 9.65. The number of aromatic hydroxyl groups is 1. The Morgan fingerprint density at radius 3 is 2.64 bits per heavy atom. The minimum Gasteiger partial charge on any atom is -0.504 e. The van der Waals surface area contributed by atoms with Crippen LogP contribution < -0.4 is 4.74 Å². The van der Waals surface area contributed by atoms with Gasteiger partial charge in [0.25, 0.3) is 0 Å². The van der Waals surface area contributed by atoms with E-state index in [0.717, 1.165) is 11.1 Å². The molecule has 0 saturated heterocycles. The average Bonchev–Trinajstić information content (AvgIpc) is 3.34. The number of phenolic OH excluding ortho intramolecular Hbond substituents is 1. The van der Waals surface area contributed by atoms with Crippen molar-refractivity contribution in [1.82, 2.24) is 4.98 Å². The molecule has 0 radical (unpaired) electrons. The zero-order valence-corrected chi connectivity index (χ0v) is 16.8. The number of fused-ring (bicyclic) bond motifs is 1. The molecule has 0 spiro atoms. The molecule has 2 aromatic carbocycles. The first-order chi connectivity index (χ1) is 13.4. The number of carbonyl (C=O) groups excluding carboxylic acids is 1. The number of benzene rings is 2. The van der Waals surface area contributed by atoms with E-state index in [1.54, 1.807) is 38.4 Å². The number of aromatic nitrogens is 1. The molecule has 0 bridgehead atoms. The van der Waals surface area contributed by atoms with Crippen molar-refractivity contribution in [1.29, 1.82) is 0 Å². The molecule has 6 heteroatoms. The summed E-state index contributed by atoms with van der Waals surface area (Å²) < 4.78 is 11.4. The molecule has 0 aliphatic heterocycles. The number of thiazole rings is 1. The minimum absolute atomic E-state index is 0.0343. The number of aryl methyl sites for hydroxylation is 2. The Balaban J connectivity index is 2.00. The molecule has 5 nitrogen and oxygen atoms in total. The molecule has 0 aliphatic carbocycles. The van der Waals surface area contributed by atoms with Crippen LogP contribution in [-0.2, 0) is 0 Å². The van der Waals surface area contributed by atoms with Crippen molar-refractivity contribution >= 4 is 28.1 Å². The number of furan rings is 1. The van der Waals surface area contributed by atoms with Gasteiger partial charge < -0.3 is 14.3 Å². The first kappa shape index (κ1) is 18.3. The van der Waals surface area contributed by atoms with Crippen LogP contribution in [0.4, 0.5) is 0 Å². The lowest BCUT2D eigenvalue weighted by Crippen LogP contribution is -2.04. The van der Waals surface area contributed by atoms with Gasteiger partial charge in [-0.1, -0.05) is 6.07 Å². The van der Waals surface area contributed by atoms with Gasteiger partial charge in [-0.05, 0) is 55.7 Å². The molecule has 1 N–H and O–H groups in total. The average molecular weight is 393 g/mol. The molecule has 0 aliphatic rings. The highest BCUT2D eigenvalue weighted by atomic mass is 32.1. The minimum atomic E-state index is -0.200. The van der Waals surface area contributed by atoms with Gasteiger partial charge in [0, 0.05) is 22.5 Å². The number of methoxy groups -OCH3 is 1. The lowest BCUT2D eigenvalue weighted by Gasteiger charge is -2.10. The third kappa shape index (κ3) is 2.77. The van der Waals surface area contributed by atoms with Gasteiger partial charge in [-0.15, -0.1) is 11.3 Å². The Labute approximate surface area is 166 Å². The van der Waals surface area contributed by atoms with E-state index >= 15 is 0 Å². The number of nitrogens with zero attached hydrogens (tertiary/aromatic N) is 1. The summed E-state index contributed by atoms with van der Waals surface area (Å²) in [6, 6.07) is 7.16. The molecular formula is C22H19NO4S. The zero-order valence-electron chi connectivity index (χ0n) is 16.0. The van der Waals surface area contributed by atoms with Crippen LogP contribution in [0.1, 0.15) is 32.6 Å². The number of ether oxygens (including phenoxy) is 1. The SMILES string of the molecule is COc1cc(C(=O)c2c(-c3nccs3)oc3c(O)c(C)ccc23)cc(C)c1C. The van der Waals surface area contributed by atoms with E-state index in [1.807, 2.05) is 25.3 Å². The maximum Gasteiger partial charge on any atom is 0.197 e. The normalized spacial score (nSPS) is 11.1. The van der Waals surface area contributed by atoms with E-state index in [1.165, 1.54) is 11.3 Å². The summed E-state index contributed by atoms with van der Waals surface area (Å²) in [6.45, 7) is 5.69. The predicted molar refractivity (Wildman–Crippen MR) is 110 cm³/mol. The van der Waals surface area contributed by atoms with Crippen LogP contribution in [-0.4, -0.2) is 23.0 Å². The van der Waals surface area contributed by atoms with Crippen LogP contribution in [0, 0.1) is 20.8 Å². The fourth-order valence-electron chi connectivity index (χ4n) is 3.27. The Morgan fingerprint density at radius 2 is 1.96 bits per heavy atom. The third-order valence-corrected chi connectivity index (χ3v) is 5.76. The smallest absolute Gasteiger partial charge is 0.197 e. The Hall–Kier alpha value is -3.12. The lowest BCUT2D eigenvalue weighted by molar-refractivity contribution is 0.104. The number of hydrogen-bond donors (Lipinski definition) is 1. The maximum absolute atomic E-state index is 13.5. The number of carbonyl (C=O) groups is 1. The summed E-state index contributed by atoms with van der Waals surface area (Å²) in [5, 5.41) is 13.4. The number of rotatable bonds is 4. The molecule has 0 atom stereocenters. The van der Waals surface area contributed by atoms with E-state index in [0.29, 0.717) is 44.2 Å². The largest absolute Gasteiger partial charge is 0.504 e. The number of hydrogen-bond acceptors (Lipinski definition) is 6. The summed E-state index contributed by atoms with van der Waals surface area (Å²) in [5.41, 5.74) is 3.82. The van der Waals surface area contributed by atoms with E-state index in [9.17, 15) is 9.90 Å². The van der Waals surface area contributed by atoms with Crippen LogP contribution in [0.15, 0.2) is 40.3 Å². The summed E-state index contributed by atoms with van der Waals surface area (Å²) in [6.07, 6.45) is 1.66. The maximum atomic E-state index is 13.5. The zero-order chi connectivity index (χ0) is 20.0. The predicted octanol–water partition coefficient (Wildman–Crippen LogP) is 5.43. The molecule has 2 aromatic heterocycles. The van der Waals surface area contributed by atoms with Crippen molar-refractivity contribution < 1.29 is 19.1 Å². The highest BCUT2D eigenvalue weighted by molar-refractivity contribution is 7.13. The van der Waals surface area contributed by atoms with Crippen molar-refractivity contribution in [2.45, 2.75) is 20.8 Å². The second kappa shape index (κ2) is 6.80. The van der Waals surface area contributed by atoms with Crippen molar-refractivity contribution in [3.63, 3.8) is 0 Å². The van der Waals surface area contributed by atoms with Crippen molar-refractivity contribution in [2.24, 2.45) is 0 Å². The van der Waals surface area contributed by atoms with Crippen molar-refractivity contribution in [2.75, 3.05) is 7.11 Å². The molecule has 4 rings (SSSR count). The van der Waals surface area contributed by atoms with Gasteiger partial charge >= 0.3 is 0 Å². The van der Waals surface area contributed by atoms with Crippen LogP contribution in [0.25, 0.3) is 21.7 Å². The topological polar surface area (TPSA) is 72.6 Å². The van der Waals surface area contributed by atoms with E-state index in [4.69, 9.17) is 9.15 Å². The van der Waals surface area contributed by atoms with E-state index in [2.05, 4.69) is 4.98 Å². The molecule has 0 fully saturated rings. The van der Waals surface area contributed by atoms with Gasteiger partial charge in [0.05, 0.1) is 12.7 Å². The van der Waals surface area contributed by atoms with E-state index < -0.39 is 0 Å². The fourth-order valence-corrected chi connectivity index (χ4v) is 3.89. The van der Waals surface area contributed by atoms with Gasteiger partial charge in [-0.2, -0.15) is 0 Å². The van der Waals surface area contributed by atoms with Crippen LogP contribution in [0.5, 0.6) is 11.5 Å². The summed E-state index contributed by atoms with van der Waals surface area (Å²) in [5.74, 6) is 0.861. The fraction of sp³-hybridized carbons (Fsp3) is 0.182. The second-order valence-electron chi connectivity index (χ2n) is 6.70. The third-order valence-electron chi connectivity index (χ3n) is 4.99. The molecule has 142 valence electrons. The van der Waals surface area contributed by atoms with Crippen LogP contribution in [0.2, 0.25) is 0 Å². The summed E-state index contributed by atoms with van der Waals surface area (Å²) in [4.78, 5) is 17.8. The first-order valence-electron chi connectivity index (χ1n) is 8.77. The highest BCUT2D eigenvalue weighted by Crippen LogP contribution is 2.41. The van der Waals surface area contributed by atoms with Crippen molar-refractivity contribution in [3.05, 3.63) is 63.7 Å². The number of ketones is 1. The van der Waals surface area contributed by atoms with E-state index in [-0.39, 0.29) is 11.5 Å². The van der Waals surface area contributed by atoms with Gasteiger partial charge in [0.1, 0.15) is 5.75 Å². The Kier molecular flexibility index (Phi) is 4.43. The molecular weight excluding hydrogens is 374 g/mol. The quantitative estimate of drug-likeness (QED) is 0.468. The molecule has 2 heterocycles. The van der Waals surface area contributed by atoms with Gasteiger partial charge in [0.2, 0.25) is 0 Å². The molecule has 0 unspecified atom stereocenters. The monoisotopic (exact) mass is 393 g/mol. The van der Waals surface area contributed by atoms with Crippen LogP contribution >= 0.6 is 11.3 Å².